The zero-order chi connectivity index (χ0) is 14.8. The van der Waals surface area contributed by atoms with Gasteiger partial charge in [-0.05, 0) is 24.5 Å². The van der Waals surface area contributed by atoms with Gasteiger partial charge < -0.3 is 0 Å². The maximum Gasteiger partial charge on any atom is 0.242 e. The van der Waals surface area contributed by atoms with Crippen molar-refractivity contribution in [2.24, 2.45) is 14.6 Å². The van der Waals surface area contributed by atoms with E-state index in [1.165, 1.54) is 6.07 Å². The predicted octanol–water partition coefficient (Wildman–Crippen LogP) is 3.34. The second-order valence-electron chi connectivity index (χ2n) is 4.97. The smallest absolute Gasteiger partial charge is 0.210 e. The minimum Gasteiger partial charge on any atom is -0.210 e. The summed E-state index contributed by atoms with van der Waals surface area (Å²) < 4.78 is 35.2. The van der Waals surface area contributed by atoms with Crippen molar-refractivity contribution in [2.75, 3.05) is 6.54 Å². The Hall–Kier alpha value is -0.760. The van der Waals surface area contributed by atoms with Crippen LogP contribution in [0.15, 0.2) is 31.8 Å². The lowest BCUT2D eigenvalue weighted by atomic mass is 10.1. The Kier molecular flexibility index (Phi) is 4.95. The van der Waals surface area contributed by atoms with Gasteiger partial charge in [0.15, 0.2) is 0 Å². The molecule has 1 heterocycles. The molecule has 8 heteroatoms. The first-order chi connectivity index (χ1) is 9.40. The van der Waals surface area contributed by atoms with Crippen LogP contribution < -0.4 is 4.72 Å². The summed E-state index contributed by atoms with van der Waals surface area (Å²) in [5.41, 5.74) is 0.988. The van der Waals surface area contributed by atoms with Crippen molar-refractivity contribution < 1.29 is 8.42 Å². The fraction of sp³-hybridized carbons (Fsp3) is 0.500. The Morgan fingerprint density at radius 2 is 2.10 bits per heavy atom. The Labute approximate surface area is 127 Å². The lowest BCUT2D eigenvalue weighted by Crippen LogP contribution is -2.30. The molecule has 0 aromatic heterocycles. The molecule has 1 aromatic rings. The minimum absolute atomic E-state index is 0.150. The average molecular weight is 334 g/mol. The third-order valence-corrected chi connectivity index (χ3v) is 5.09. The fourth-order valence-electron chi connectivity index (χ4n) is 1.87. The number of halogens is 1. The molecular formula is C12H16ClN3O2S2. The molecular weight excluding hydrogens is 318 g/mol. The normalized spacial score (nSPS) is 15.2. The van der Waals surface area contributed by atoms with Gasteiger partial charge in [0.2, 0.25) is 10.0 Å². The van der Waals surface area contributed by atoms with Gasteiger partial charge in [-0.1, -0.05) is 19.9 Å². The molecule has 0 bridgehead atoms. The molecule has 0 saturated carbocycles. The molecule has 1 unspecified atom stereocenters. The van der Waals surface area contributed by atoms with Crippen LogP contribution in [0.1, 0.15) is 20.3 Å². The fourth-order valence-corrected chi connectivity index (χ4v) is 4.24. The number of benzene rings is 1. The third kappa shape index (κ3) is 3.66. The summed E-state index contributed by atoms with van der Waals surface area (Å²) in [7, 11) is -3.62. The molecule has 0 saturated heterocycles. The second-order valence-corrected chi connectivity index (χ2v) is 7.85. The molecule has 1 aromatic carbocycles. The van der Waals surface area contributed by atoms with Crippen LogP contribution in [0.3, 0.4) is 0 Å². The van der Waals surface area contributed by atoms with Crippen LogP contribution in [-0.4, -0.2) is 20.3 Å². The molecule has 1 aliphatic rings. The van der Waals surface area contributed by atoms with Crippen LogP contribution in [0.5, 0.6) is 0 Å². The standard InChI is InChI=1S/C12H16ClN3O2S2/c1-8(2)6-9(13)7-14-20(17,18)11-5-3-4-10-12(11)16-19-15-10/h3-5,8-9,14H,6-7H2,1-2H3. The Morgan fingerprint density at radius 1 is 1.35 bits per heavy atom. The summed E-state index contributed by atoms with van der Waals surface area (Å²) in [6.45, 7) is 4.30. The maximum atomic E-state index is 12.3. The van der Waals surface area contributed by atoms with Crippen molar-refractivity contribution in [3.8, 4) is 0 Å². The van der Waals surface area contributed by atoms with E-state index in [9.17, 15) is 8.42 Å². The van der Waals surface area contributed by atoms with E-state index in [1.807, 2.05) is 13.8 Å². The van der Waals surface area contributed by atoms with Gasteiger partial charge in [0.25, 0.3) is 0 Å². The molecule has 0 amide bonds. The van der Waals surface area contributed by atoms with Crippen LogP contribution in [-0.2, 0) is 21.4 Å². The Balaban J connectivity index is 2.12. The van der Waals surface area contributed by atoms with Crippen molar-refractivity contribution in [2.45, 2.75) is 30.5 Å². The molecule has 5 nitrogen and oxygen atoms in total. The molecule has 1 aliphatic heterocycles. The van der Waals surface area contributed by atoms with Crippen molar-refractivity contribution in [3.63, 3.8) is 0 Å². The first-order valence-electron chi connectivity index (χ1n) is 6.25. The van der Waals surface area contributed by atoms with Gasteiger partial charge >= 0.3 is 0 Å². The van der Waals surface area contributed by atoms with E-state index in [-0.39, 0.29) is 16.8 Å². The molecule has 1 atom stereocenters. The van der Waals surface area contributed by atoms with Gasteiger partial charge in [-0.15, -0.1) is 11.6 Å². The summed E-state index contributed by atoms with van der Waals surface area (Å²) in [6, 6.07) is 4.92. The summed E-state index contributed by atoms with van der Waals surface area (Å²) >= 11 is 7.11. The van der Waals surface area contributed by atoms with Gasteiger partial charge in [0, 0.05) is 11.9 Å². The lowest BCUT2D eigenvalue weighted by molar-refractivity contribution is 0.544. The van der Waals surface area contributed by atoms with Crippen LogP contribution in [0.4, 0.5) is 11.4 Å². The number of rotatable bonds is 6. The van der Waals surface area contributed by atoms with E-state index in [0.29, 0.717) is 17.3 Å². The Bertz CT molecular complexity index is 667. The molecule has 1 N–H and O–H groups in total. The van der Waals surface area contributed by atoms with Gasteiger partial charge in [0.05, 0.1) is 11.4 Å². The highest BCUT2D eigenvalue weighted by molar-refractivity contribution is 7.89. The number of nitrogens with zero attached hydrogens (tertiary/aromatic N) is 2. The zero-order valence-electron chi connectivity index (χ0n) is 11.2. The van der Waals surface area contributed by atoms with Crippen LogP contribution >= 0.6 is 11.6 Å². The van der Waals surface area contributed by atoms with E-state index in [0.717, 1.165) is 17.8 Å². The first-order valence-corrected chi connectivity index (χ1v) is 8.90. The van der Waals surface area contributed by atoms with E-state index in [2.05, 4.69) is 13.4 Å². The van der Waals surface area contributed by atoms with Crippen molar-refractivity contribution in [1.82, 2.24) is 4.72 Å². The Morgan fingerprint density at radius 3 is 2.80 bits per heavy atom. The number of fused-ring (bicyclic) bond motifs is 1. The van der Waals surface area contributed by atoms with Crippen molar-refractivity contribution in [1.29, 1.82) is 0 Å². The van der Waals surface area contributed by atoms with Crippen LogP contribution in [0, 0.1) is 5.92 Å². The molecule has 0 radical (unpaired) electrons. The highest BCUT2D eigenvalue weighted by Gasteiger charge is 2.23. The summed E-state index contributed by atoms with van der Waals surface area (Å²) in [4.78, 5) is 0.150. The number of alkyl halides is 1. The molecule has 0 spiro atoms. The number of sulfonamides is 1. The largest absolute Gasteiger partial charge is 0.242 e. The first kappa shape index (κ1) is 15.6. The average Bonchev–Trinajstić information content (AvgIpc) is 2.83. The summed E-state index contributed by atoms with van der Waals surface area (Å²) in [5, 5.41) is -0.225. The number of hydrogen-bond acceptors (Lipinski definition) is 4. The molecule has 110 valence electrons. The molecule has 0 aliphatic carbocycles. The van der Waals surface area contributed by atoms with Crippen LogP contribution in [0.25, 0.3) is 0 Å². The second kappa shape index (κ2) is 6.34. The maximum absolute atomic E-state index is 12.3. The third-order valence-electron chi connectivity index (χ3n) is 2.76. The van der Waals surface area contributed by atoms with E-state index in [1.54, 1.807) is 12.1 Å². The van der Waals surface area contributed by atoms with Crippen LogP contribution in [0.2, 0.25) is 0 Å². The lowest BCUT2D eigenvalue weighted by Gasteiger charge is -2.14. The summed E-state index contributed by atoms with van der Waals surface area (Å²) in [6.07, 6.45) is 0.756. The highest BCUT2D eigenvalue weighted by atomic mass is 35.5. The summed E-state index contributed by atoms with van der Waals surface area (Å²) in [5.74, 6) is 0.424. The van der Waals surface area contributed by atoms with Gasteiger partial charge in [-0.2, -0.15) is 8.73 Å². The highest BCUT2D eigenvalue weighted by Crippen LogP contribution is 2.37. The molecule has 0 fully saturated rings. The SMILES string of the molecule is CC(C)CC(Cl)CNS(=O)(=O)c1cccc2c1N=S=N2. The molecule has 20 heavy (non-hydrogen) atoms. The van der Waals surface area contributed by atoms with Gasteiger partial charge in [0.1, 0.15) is 16.3 Å². The zero-order valence-corrected chi connectivity index (χ0v) is 13.6. The molecule has 2 rings (SSSR count). The topological polar surface area (TPSA) is 70.9 Å². The quantitative estimate of drug-likeness (QED) is 0.823. The van der Waals surface area contributed by atoms with Crippen molar-refractivity contribution in [3.05, 3.63) is 18.2 Å². The number of nitrogens with one attached hydrogen (secondary N) is 1. The van der Waals surface area contributed by atoms with E-state index < -0.39 is 10.0 Å². The minimum atomic E-state index is -3.62. The van der Waals surface area contributed by atoms with Gasteiger partial charge in [-0.3, -0.25) is 0 Å². The number of hydrogen-bond donors (Lipinski definition) is 1. The van der Waals surface area contributed by atoms with E-state index >= 15 is 0 Å². The van der Waals surface area contributed by atoms with E-state index in [4.69, 9.17) is 11.6 Å². The monoisotopic (exact) mass is 333 g/mol. The predicted molar refractivity (Wildman–Crippen MR) is 82.3 cm³/mol. The van der Waals surface area contributed by atoms with Gasteiger partial charge in [-0.25, -0.2) is 13.1 Å². The van der Waals surface area contributed by atoms with Crippen molar-refractivity contribution >= 4 is 44.4 Å².